The van der Waals surface area contributed by atoms with Crippen molar-refractivity contribution in [2.75, 3.05) is 13.2 Å². The lowest BCUT2D eigenvalue weighted by Gasteiger charge is -2.23. The Bertz CT molecular complexity index is 941. The largest absolute Gasteiger partial charge is 0.489 e. The first kappa shape index (κ1) is 24.8. The quantitative estimate of drug-likeness (QED) is 0.251. The molecule has 1 aliphatic carbocycles. The average Bonchev–Trinajstić information content (AvgIpc) is 3.55. The van der Waals surface area contributed by atoms with E-state index in [2.05, 4.69) is 79.2 Å². The zero-order valence-electron chi connectivity index (χ0n) is 17.9. The highest BCUT2D eigenvalue weighted by molar-refractivity contribution is 14.1. The number of amides is 1. The molecule has 2 aromatic carbocycles. The Labute approximate surface area is 230 Å². The van der Waals surface area contributed by atoms with Crippen molar-refractivity contribution in [2.45, 2.75) is 57.6 Å². The number of aryl methyl sites for hydroxylation is 1. The van der Waals surface area contributed by atoms with Crippen molar-refractivity contribution in [3.63, 3.8) is 0 Å². The van der Waals surface area contributed by atoms with Gasteiger partial charge in [0.2, 0.25) is 5.91 Å². The number of benzene rings is 2. The SMILES string of the molecule is Cc1cc(CC(=O)NC2CCCCC2)cc(I)c1Oc1cc(I)c(OCC2CO2)c(I)c1. The van der Waals surface area contributed by atoms with Gasteiger partial charge in [0.15, 0.2) is 0 Å². The summed E-state index contributed by atoms with van der Waals surface area (Å²) in [5.74, 6) is 2.59. The van der Waals surface area contributed by atoms with Gasteiger partial charge in [0, 0.05) is 6.04 Å². The first-order valence-corrected chi connectivity index (χ1v) is 14.1. The Morgan fingerprint density at radius 3 is 2.31 bits per heavy atom. The molecule has 0 spiro atoms. The third kappa shape index (κ3) is 6.84. The normalized spacial score (nSPS) is 18.3. The zero-order chi connectivity index (χ0) is 22.7. The van der Waals surface area contributed by atoms with Crippen LogP contribution in [0, 0.1) is 17.6 Å². The highest BCUT2D eigenvalue weighted by atomic mass is 127. The molecule has 1 saturated carbocycles. The molecule has 1 atom stereocenters. The maximum absolute atomic E-state index is 12.5. The predicted octanol–water partition coefficient (Wildman–Crippen LogP) is 6.37. The minimum atomic E-state index is 0.108. The summed E-state index contributed by atoms with van der Waals surface area (Å²) < 4.78 is 20.4. The molecule has 5 nitrogen and oxygen atoms in total. The van der Waals surface area contributed by atoms with Crippen molar-refractivity contribution in [3.8, 4) is 17.2 Å². The number of halogens is 3. The lowest BCUT2D eigenvalue weighted by atomic mass is 9.95. The lowest BCUT2D eigenvalue weighted by molar-refractivity contribution is -0.121. The highest BCUT2D eigenvalue weighted by Crippen LogP contribution is 2.37. The van der Waals surface area contributed by atoms with Crippen LogP contribution in [-0.4, -0.2) is 31.3 Å². The molecule has 2 aromatic rings. The number of nitrogens with one attached hydrogen (secondary N) is 1. The van der Waals surface area contributed by atoms with Crippen LogP contribution in [0.4, 0.5) is 0 Å². The summed E-state index contributed by atoms with van der Waals surface area (Å²) >= 11 is 6.86. The standard InChI is InChI=1S/C24H26I3NO4/c1-14-7-15(9-22(29)28-16-5-3-2-4-6-16)8-19(25)23(14)32-17-10-20(26)24(21(27)11-17)31-13-18-12-30-18/h7-8,10-11,16,18H,2-6,9,12-13H2,1H3,(H,28,29). The molecular weight excluding hydrogens is 747 g/mol. The summed E-state index contributed by atoms with van der Waals surface area (Å²) in [6.07, 6.45) is 6.55. The van der Waals surface area contributed by atoms with Crippen molar-refractivity contribution < 1.29 is 19.0 Å². The van der Waals surface area contributed by atoms with Crippen LogP contribution in [0.15, 0.2) is 24.3 Å². The first-order chi connectivity index (χ1) is 15.4. The molecule has 172 valence electrons. The molecule has 2 fully saturated rings. The fraction of sp³-hybridized carbons (Fsp3) is 0.458. The van der Waals surface area contributed by atoms with Gasteiger partial charge in [-0.2, -0.15) is 0 Å². The van der Waals surface area contributed by atoms with Crippen molar-refractivity contribution in [2.24, 2.45) is 0 Å². The van der Waals surface area contributed by atoms with Gasteiger partial charge in [0.25, 0.3) is 0 Å². The van der Waals surface area contributed by atoms with Gasteiger partial charge >= 0.3 is 0 Å². The minimum Gasteiger partial charge on any atom is -0.489 e. The number of carbonyl (C=O) groups is 1. The van der Waals surface area contributed by atoms with E-state index in [1.165, 1.54) is 19.3 Å². The van der Waals surface area contributed by atoms with Gasteiger partial charge in [0.05, 0.1) is 23.7 Å². The topological polar surface area (TPSA) is 60.1 Å². The van der Waals surface area contributed by atoms with Crippen LogP contribution in [0.25, 0.3) is 0 Å². The van der Waals surface area contributed by atoms with Gasteiger partial charge in [-0.1, -0.05) is 25.3 Å². The second-order valence-corrected chi connectivity index (χ2v) is 11.9. The second kappa shape index (κ2) is 11.4. The third-order valence-electron chi connectivity index (χ3n) is 5.63. The van der Waals surface area contributed by atoms with E-state index in [4.69, 9.17) is 14.2 Å². The van der Waals surface area contributed by atoms with Crippen LogP contribution >= 0.6 is 67.8 Å². The summed E-state index contributed by atoms with van der Waals surface area (Å²) in [6.45, 7) is 3.40. The van der Waals surface area contributed by atoms with Gasteiger partial charge in [-0.15, -0.1) is 0 Å². The Hall–Kier alpha value is -0.340. The van der Waals surface area contributed by atoms with Gasteiger partial charge in [-0.25, -0.2) is 0 Å². The summed E-state index contributed by atoms with van der Waals surface area (Å²) in [7, 11) is 0. The molecule has 2 aliphatic rings. The molecule has 32 heavy (non-hydrogen) atoms. The molecule has 4 rings (SSSR count). The van der Waals surface area contributed by atoms with Crippen LogP contribution in [0.2, 0.25) is 0 Å². The maximum Gasteiger partial charge on any atom is 0.224 e. The zero-order valence-corrected chi connectivity index (χ0v) is 24.4. The van der Waals surface area contributed by atoms with Gasteiger partial charge in [0.1, 0.15) is 30.0 Å². The molecule has 0 bridgehead atoms. The smallest absolute Gasteiger partial charge is 0.224 e. The lowest BCUT2D eigenvalue weighted by Crippen LogP contribution is -2.37. The molecule has 1 amide bonds. The number of rotatable bonds is 8. The fourth-order valence-corrected chi connectivity index (χ4v) is 6.89. The summed E-state index contributed by atoms with van der Waals surface area (Å²) in [5.41, 5.74) is 2.04. The van der Waals surface area contributed by atoms with Crippen molar-refractivity contribution in [3.05, 3.63) is 46.1 Å². The number of epoxide rings is 1. The van der Waals surface area contributed by atoms with Crippen LogP contribution in [0.5, 0.6) is 17.2 Å². The van der Waals surface area contributed by atoms with E-state index >= 15 is 0 Å². The van der Waals surface area contributed by atoms with Crippen molar-refractivity contribution in [1.29, 1.82) is 0 Å². The summed E-state index contributed by atoms with van der Waals surface area (Å²) in [4.78, 5) is 12.5. The first-order valence-electron chi connectivity index (χ1n) is 10.9. The van der Waals surface area contributed by atoms with E-state index in [0.29, 0.717) is 19.1 Å². The second-order valence-electron chi connectivity index (χ2n) is 8.39. The van der Waals surface area contributed by atoms with E-state index in [0.717, 1.165) is 58.5 Å². The van der Waals surface area contributed by atoms with Gasteiger partial charge < -0.3 is 19.5 Å². The molecule has 1 heterocycles. The Balaban J connectivity index is 1.42. The van der Waals surface area contributed by atoms with Crippen LogP contribution in [0.1, 0.15) is 43.2 Å². The Morgan fingerprint density at radius 2 is 1.69 bits per heavy atom. The van der Waals surface area contributed by atoms with Crippen molar-refractivity contribution >= 4 is 73.7 Å². The monoisotopic (exact) mass is 773 g/mol. The van der Waals surface area contributed by atoms with E-state index in [9.17, 15) is 4.79 Å². The molecule has 1 N–H and O–H groups in total. The Morgan fingerprint density at radius 1 is 1.03 bits per heavy atom. The Kier molecular flexibility index (Phi) is 8.82. The highest BCUT2D eigenvalue weighted by Gasteiger charge is 2.24. The minimum absolute atomic E-state index is 0.108. The van der Waals surface area contributed by atoms with Crippen LogP contribution < -0.4 is 14.8 Å². The molecule has 1 unspecified atom stereocenters. The van der Waals surface area contributed by atoms with Crippen molar-refractivity contribution in [1.82, 2.24) is 5.32 Å². The molecule has 0 radical (unpaired) electrons. The molecule has 8 heteroatoms. The fourth-order valence-electron chi connectivity index (χ4n) is 3.94. The number of ether oxygens (including phenoxy) is 3. The van der Waals surface area contributed by atoms with E-state index < -0.39 is 0 Å². The summed E-state index contributed by atoms with van der Waals surface area (Å²) in [6, 6.07) is 8.43. The van der Waals surface area contributed by atoms with E-state index in [1.54, 1.807) is 0 Å². The van der Waals surface area contributed by atoms with E-state index in [-0.39, 0.29) is 12.0 Å². The number of carbonyl (C=O) groups excluding carboxylic acids is 1. The summed E-state index contributed by atoms with van der Waals surface area (Å²) in [5, 5.41) is 3.21. The molecular formula is C24H26I3NO4. The predicted molar refractivity (Wildman–Crippen MR) is 150 cm³/mol. The maximum atomic E-state index is 12.5. The third-order valence-corrected chi connectivity index (χ3v) is 8.04. The molecule has 1 aliphatic heterocycles. The number of hydrogen-bond acceptors (Lipinski definition) is 4. The molecule has 0 aromatic heterocycles. The number of hydrogen-bond donors (Lipinski definition) is 1. The van der Waals surface area contributed by atoms with Crippen LogP contribution in [0.3, 0.4) is 0 Å². The van der Waals surface area contributed by atoms with E-state index in [1.807, 2.05) is 25.1 Å². The van der Waals surface area contributed by atoms with Gasteiger partial charge in [-0.05, 0) is 117 Å². The average molecular weight is 773 g/mol. The van der Waals surface area contributed by atoms with Gasteiger partial charge in [-0.3, -0.25) is 4.79 Å². The van der Waals surface area contributed by atoms with Crippen LogP contribution in [-0.2, 0) is 16.0 Å². The molecule has 1 saturated heterocycles.